The first-order chi connectivity index (χ1) is 9.75. The van der Waals surface area contributed by atoms with Crippen molar-refractivity contribution < 1.29 is 9.18 Å². The zero-order valence-corrected chi connectivity index (χ0v) is 11.6. The van der Waals surface area contributed by atoms with Crippen molar-refractivity contribution in [1.29, 1.82) is 0 Å². The van der Waals surface area contributed by atoms with Crippen molar-refractivity contribution in [3.05, 3.63) is 70.2 Å². The van der Waals surface area contributed by atoms with E-state index in [-0.39, 0.29) is 11.6 Å². The summed E-state index contributed by atoms with van der Waals surface area (Å²) >= 11 is 1.63. The molecule has 0 N–H and O–H groups in total. The maximum absolute atomic E-state index is 13.7. The van der Waals surface area contributed by atoms with E-state index in [4.69, 9.17) is 0 Å². The number of aryl methyl sites for hydroxylation is 1. The van der Waals surface area contributed by atoms with Crippen LogP contribution in [0.5, 0.6) is 0 Å². The quantitative estimate of drug-likeness (QED) is 0.625. The summed E-state index contributed by atoms with van der Waals surface area (Å²) in [5.74, 6) is -0.220. The zero-order chi connectivity index (χ0) is 13.9. The summed E-state index contributed by atoms with van der Waals surface area (Å²) in [6.45, 7) is 0. The van der Waals surface area contributed by atoms with Crippen molar-refractivity contribution in [3.8, 4) is 0 Å². The van der Waals surface area contributed by atoms with E-state index in [9.17, 15) is 9.18 Å². The molecule has 0 unspecified atom stereocenters. The number of fused-ring (bicyclic) bond motifs is 1. The normalized spacial score (nSPS) is 10.8. The Hall–Kier alpha value is -2.00. The molecule has 0 spiro atoms. The van der Waals surface area contributed by atoms with E-state index in [0.29, 0.717) is 22.8 Å². The van der Waals surface area contributed by atoms with Gasteiger partial charge < -0.3 is 0 Å². The van der Waals surface area contributed by atoms with Gasteiger partial charge in [-0.25, -0.2) is 4.39 Å². The molecule has 0 saturated carbocycles. The molecule has 3 rings (SSSR count). The predicted octanol–water partition coefficient (Wildman–Crippen LogP) is 4.86. The van der Waals surface area contributed by atoms with Crippen LogP contribution in [0.4, 0.5) is 4.39 Å². The van der Waals surface area contributed by atoms with Gasteiger partial charge >= 0.3 is 0 Å². The van der Waals surface area contributed by atoms with Gasteiger partial charge in [-0.1, -0.05) is 24.3 Å². The van der Waals surface area contributed by atoms with Gasteiger partial charge in [0.05, 0.1) is 0 Å². The van der Waals surface area contributed by atoms with Gasteiger partial charge in [-0.05, 0) is 46.3 Å². The Morgan fingerprint density at radius 2 is 1.85 bits per heavy atom. The minimum atomic E-state index is -0.282. The highest BCUT2D eigenvalue weighted by molar-refractivity contribution is 7.07. The smallest absolute Gasteiger partial charge is 0.163 e. The molecule has 0 saturated heterocycles. The van der Waals surface area contributed by atoms with Crippen molar-refractivity contribution in [2.75, 3.05) is 0 Å². The molecule has 0 fully saturated rings. The Balaban J connectivity index is 1.90. The van der Waals surface area contributed by atoms with E-state index in [1.807, 2.05) is 17.5 Å². The van der Waals surface area contributed by atoms with Crippen molar-refractivity contribution in [2.24, 2.45) is 0 Å². The molecule has 0 bridgehead atoms. The fraction of sp³-hybridized carbons (Fsp3) is 0.118. The van der Waals surface area contributed by atoms with E-state index in [2.05, 4.69) is 5.38 Å². The molecule has 1 aromatic heterocycles. The second-order valence-electron chi connectivity index (χ2n) is 4.70. The van der Waals surface area contributed by atoms with Crippen LogP contribution in [0.2, 0.25) is 0 Å². The minimum Gasteiger partial charge on any atom is -0.294 e. The van der Waals surface area contributed by atoms with Gasteiger partial charge in [0.15, 0.2) is 5.78 Å². The molecular weight excluding hydrogens is 271 g/mol. The third-order valence-corrected chi connectivity index (χ3v) is 4.12. The van der Waals surface area contributed by atoms with Crippen LogP contribution in [0.3, 0.4) is 0 Å². The van der Waals surface area contributed by atoms with Crippen LogP contribution in [-0.2, 0) is 6.42 Å². The number of carbonyl (C=O) groups is 1. The van der Waals surface area contributed by atoms with Crippen LogP contribution in [-0.4, -0.2) is 5.78 Å². The SMILES string of the molecule is O=C(CCc1ccsc1)c1ccc(F)c2ccccc12. The van der Waals surface area contributed by atoms with Gasteiger partial charge in [0, 0.05) is 17.4 Å². The van der Waals surface area contributed by atoms with E-state index >= 15 is 0 Å². The molecule has 0 aliphatic rings. The zero-order valence-electron chi connectivity index (χ0n) is 10.8. The van der Waals surface area contributed by atoms with Gasteiger partial charge in [-0.3, -0.25) is 4.79 Å². The number of ketones is 1. The summed E-state index contributed by atoms with van der Waals surface area (Å²) < 4.78 is 13.7. The number of thiophene rings is 1. The third-order valence-electron chi connectivity index (χ3n) is 3.39. The summed E-state index contributed by atoms with van der Waals surface area (Å²) in [4.78, 5) is 12.3. The largest absolute Gasteiger partial charge is 0.294 e. The minimum absolute atomic E-state index is 0.0624. The van der Waals surface area contributed by atoms with Crippen LogP contribution >= 0.6 is 11.3 Å². The average Bonchev–Trinajstić information content (AvgIpc) is 2.99. The molecule has 2 aromatic carbocycles. The lowest BCUT2D eigenvalue weighted by Crippen LogP contribution is -2.02. The molecule has 0 amide bonds. The number of carbonyl (C=O) groups excluding carboxylic acids is 1. The number of hydrogen-bond donors (Lipinski definition) is 0. The van der Waals surface area contributed by atoms with Crippen molar-refractivity contribution in [1.82, 2.24) is 0 Å². The third kappa shape index (κ3) is 2.49. The van der Waals surface area contributed by atoms with E-state index in [1.165, 1.54) is 11.6 Å². The topological polar surface area (TPSA) is 17.1 Å². The maximum Gasteiger partial charge on any atom is 0.163 e. The fourth-order valence-corrected chi connectivity index (χ4v) is 3.04. The highest BCUT2D eigenvalue weighted by Gasteiger charge is 2.12. The molecule has 3 aromatic rings. The van der Waals surface area contributed by atoms with Crippen LogP contribution < -0.4 is 0 Å². The number of hydrogen-bond acceptors (Lipinski definition) is 2. The van der Waals surface area contributed by atoms with Crippen LogP contribution in [0.1, 0.15) is 22.3 Å². The maximum atomic E-state index is 13.7. The molecule has 0 aliphatic carbocycles. The lowest BCUT2D eigenvalue weighted by molar-refractivity contribution is 0.0984. The van der Waals surface area contributed by atoms with Crippen molar-refractivity contribution in [2.45, 2.75) is 12.8 Å². The number of rotatable bonds is 4. The molecule has 1 heterocycles. The first kappa shape index (κ1) is 13.0. The molecular formula is C17H13FOS. The lowest BCUT2D eigenvalue weighted by atomic mass is 9.98. The summed E-state index contributed by atoms with van der Waals surface area (Å²) in [5, 5.41) is 5.26. The molecule has 3 heteroatoms. The van der Waals surface area contributed by atoms with Gasteiger partial charge in [0.2, 0.25) is 0 Å². The fourth-order valence-electron chi connectivity index (χ4n) is 2.33. The Bertz CT molecular complexity index is 747. The number of Topliss-reactive ketones (excluding diaryl/α,β-unsaturated/α-hetero) is 1. The lowest BCUT2D eigenvalue weighted by Gasteiger charge is -2.06. The molecule has 100 valence electrons. The summed E-state index contributed by atoms with van der Waals surface area (Å²) in [6.07, 6.45) is 1.18. The second kappa shape index (κ2) is 5.55. The highest BCUT2D eigenvalue weighted by atomic mass is 32.1. The second-order valence-corrected chi connectivity index (χ2v) is 5.48. The standard InChI is InChI=1S/C17H13FOS/c18-16-7-6-15(13-3-1-2-4-14(13)16)17(19)8-5-12-9-10-20-11-12/h1-4,6-7,9-11H,5,8H2. The van der Waals surface area contributed by atoms with Gasteiger partial charge in [-0.15, -0.1) is 0 Å². The van der Waals surface area contributed by atoms with E-state index < -0.39 is 0 Å². The van der Waals surface area contributed by atoms with Crippen LogP contribution in [0, 0.1) is 5.82 Å². The number of benzene rings is 2. The molecule has 0 radical (unpaired) electrons. The van der Waals surface area contributed by atoms with Gasteiger partial charge in [-0.2, -0.15) is 11.3 Å². The monoisotopic (exact) mass is 284 g/mol. The van der Waals surface area contributed by atoms with Crippen molar-refractivity contribution >= 4 is 27.9 Å². The number of halogens is 1. The first-order valence-corrected chi connectivity index (χ1v) is 7.41. The molecule has 20 heavy (non-hydrogen) atoms. The first-order valence-electron chi connectivity index (χ1n) is 6.47. The van der Waals surface area contributed by atoms with Crippen LogP contribution in [0.25, 0.3) is 10.8 Å². The van der Waals surface area contributed by atoms with E-state index in [0.717, 1.165) is 6.42 Å². The Morgan fingerprint density at radius 3 is 2.60 bits per heavy atom. The molecule has 0 aliphatic heterocycles. The molecule has 1 nitrogen and oxygen atoms in total. The Labute approximate surface area is 120 Å². The van der Waals surface area contributed by atoms with Crippen LogP contribution in [0.15, 0.2) is 53.2 Å². The summed E-state index contributed by atoms with van der Waals surface area (Å²) in [6, 6.07) is 12.1. The Kier molecular flexibility index (Phi) is 3.61. The van der Waals surface area contributed by atoms with Gasteiger partial charge in [0.1, 0.15) is 5.82 Å². The summed E-state index contributed by atoms with van der Waals surface area (Å²) in [5.41, 5.74) is 1.78. The predicted molar refractivity (Wildman–Crippen MR) is 80.9 cm³/mol. The van der Waals surface area contributed by atoms with Crippen molar-refractivity contribution in [3.63, 3.8) is 0 Å². The summed E-state index contributed by atoms with van der Waals surface area (Å²) in [7, 11) is 0. The highest BCUT2D eigenvalue weighted by Crippen LogP contribution is 2.23. The van der Waals surface area contributed by atoms with Gasteiger partial charge in [0.25, 0.3) is 0 Å². The Morgan fingerprint density at radius 1 is 1.05 bits per heavy atom. The van der Waals surface area contributed by atoms with E-state index in [1.54, 1.807) is 35.6 Å². The molecule has 0 atom stereocenters. The average molecular weight is 284 g/mol.